The maximum atomic E-state index is 12.2. The number of rotatable bonds is 2. The molecule has 0 aliphatic carbocycles. The van der Waals surface area contributed by atoms with Gasteiger partial charge in [-0.3, -0.25) is 9.59 Å². The molecule has 5 nitrogen and oxygen atoms in total. The van der Waals surface area contributed by atoms with Crippen LogP contribution in [0.2, 0.25) is 0 Å². The number of ether oxygens (including phenoxy) is 1. The molecule has 0 spiro atoms. The zero-order valence-electron chi connectivity index (χ0n) is 11.7. The molecule has 1 N–H and O–H groups in total. The first-order chi connectivity index (χ1) is 10.6. The van der Waals surface area contributed by atoms with Crippen LogP contribution < -0.4 is 10.2 Å². The second kappa shape index (κ2) is 5.37. The normalized spacial score (nSPS) is 10.6. The molecule has 3 rings (SSSR count). The summed E-state index contributed by atoms with van der Waals surface area (Å²) in [5.74, 6) is -0.0306. The van der Waals surface area contributed by atoms with Crippen LogP contribution in [-0.4, -0.2) is 11.1 Å². The fourth-order valence-electron chi connectivity index (χ4n) is 2.24. The van der Waals surface area contributed by atoms with Crippen LogP contribution in [0.4, 0.5) is 0 Å². The van der Waals surface area contributed by atoms with E-state index in [1.807, 2.05) is 0 Å². The largest absolute Gasteiger partial charge is 0.507 e. The van der Waals surface area contributed by atoms with Crippen LogP contribution in [0.25, 0.3) is 22.3 Å². The van der Waals surface area contributed by atoms with Gasteiger partial charge in [-0.2, -0.15) is 0 Å². The molecule has 0 saturated carbocycles. The molecule has 0 aliphatic heterocycles. The van der Waals surface area contributed by atoms with Gasteiger partial charge in [0.25, 0.3) is 0 Å². The number of carbonyl (C=O) groups is 1. The first kappa shape index (κ1) is 13.9. The van der Waals surface area contributed by atoms with Gasteiger partial charge in [0.15, 0.2) is 5.43 Å². The van der Waals surface area contributed by atoms with Gasteiger partial charge in [0.05, 0.1) is 5.56 Å². The van der Waals surface area contributed by atoms with Crippen LogP contribution in [0.15, 0.2) is 57.7 Å². The molecular weight excluding hydrogens is 284 g/mol. The predicted molar refractivity (Wildman–Crippen MR) is 80.9 cm³/mol. The summed E-state index contributed by atoms with van der Waals surface area (Å²) < 4.78 is 10.8. The number of aromatic hydroxyl groups is 1. The zero-order chi connectivity index (χ0) is 15.7. The minimum Gasteiger partial charge on any atom is -0.507 e. The van der Waals surface area contributed by atoms with Crippen molar-refractivity contribution in [3.05, 3.63) is 58.8 Å². The van der Waals surface area contributed by atoms with Crippen molar-refractivity contribution < 1.29 is 19.1 Å². The van der Waals surface area contributed by atoms with E-state index in [2.05, 4.69) is 0 Å². The molecule has 0 bridgehead atoms. The van der Waals surface area contributed by atoms with Gasteiger partial charge in [-0.25, -0.2) is 0 Å². The highest BCUT2D eigenvalue weighted by Gasteiger charge is 2.14. The Morgan fingerprint density at radius 3 is 2.68 bits per heavy atom. The van der Waals surface area contributed by atoms with Crippen LogP contribution in [0, 0.1) is 0 Å². The number of phenols is 1. The smallest absolute Gasteiger partial charge is 0.308 e. The van der Waals surface area contributed by atoms with Crippen LogP contribution >= 0.6 is 0 Å². The van der Waals surface area contributed by atoms with Crippen LogP contribution in [0.3, 0.4) is 0 Å². The molecule has 0 radical (unpaired) electrons. The Morgan fingerprint density at radius 1 is 1.14 bits per heavy atom. The van der Waals surface area contributed by atoms with Crippen LogP contribution in [0.1, 0.15) is 6.92 Å². The Kier molecular flexibility index (Phi) is 3.39. The van der Waals surface area contributed by atoms with Gasteiger partial charge in [0.2, 0.25) is 0 Å². The molecule has 0 saturated heterocycles. The monoisotopic (exact) mass is 296 g/mol. The van der Waals surface area contributed by atoms with Crippen molar-refractivity contribution in [2.24, 2.45) is 0 Å². The van der Waals surface area contributed by atoms with E-state index < -0.39 is 5.97 Å². The summed E-state index contributed by atoms with van der Waals surface area (Å²) in [6, 6.07) is 12.6. The number of benzene rings is 2. The highest BCUT2D eigenvalue weighted by atomic mass is 16.5. The SMILES string of the molecule is CC(=O)Oc1ccccc1-c1cc(=O)c2c(O)cccc2o1. The average molecular weight is 296 g/mol. The number of phenolic OH excluding ortho intramolecular Hbond substituents is 1. The molecule has 22 heavy (non-hydrogen) atoms. The number of para-hydroxylation sites is 1. The van der Waals surface area contributed by atoms with Crippen molar-refractivity contribution in [2.45, 2.75) is 6.92 Å². The summed E-state index contributed by atoms with van der Waals surface area (Å²) in [4.78, 5) is 23.4. The molecule has 0 fully saturated rings. The van der Waals surface area contributed by atoms with Gasteiger partial charge in [0, 0.05) is 13.0 Å². The summed E-state index contributed by atoms with van der Waals surface area (Å²) in [6.07, 6.45) is 0. The van der Waals surface area contributed by atoms with E-state index in [-0.39, 0.29) is 27.9 Å². The van der Waals surface area contributed by atoms with E-state index in [1.54, 1.807) is 36.4 Å². The summed E-state index contributed by atoms with van der Waals surface area (Å²) in [7, 11) is 0. The molecule has 3 aromatic rings. The van der Waals surface area contributed by atoms with Gasteiger partial charge in [0.1, 0.15) is 28.2 Å². The third-order valence-electron chi connectivity index (χ3n) is 3.14. The van der Waals surface area contributed by atoms with Crippen molar-refractivity contribution in [2.75, 3.05) is 0 Å². The quantitative estimate of drug-likeness (QED) is 0.581. The minimum atomic E-state index is -0.465. The third-order valence-corrected chi connectivity index (χ3v) is 3.14. The Morgan fingerprint density at radius 2 is 1.91 bits per heavy atom. The standard InChI is InChI=1S/C17H12O5/c1-10(18)21-14-7-3-2-5-11(14)16-9-13(20)17-12(19)6-4-8-15(17)22-16/h2-9,19H,1H3. The summed E-state index contributed by atoms with van der Waals surface area (Å²) >= 11 is 0. The fraction of sp³-hybridized carbons (Fsp3) is 0.0588. The van der Waals surface area contributed by atoms with Gasteiger partial charge in [-0.1, -0.05) is 18.2 Å². The van der Waals surface area contributed by atoms with Crippen molar-refractivity contribution in [1.82, 2.24) is 0 Å². The van der Waals surface area contributed by atoms with Crippen molar-refractivity contribution in [3.8, 4) is 22.8 Å². The molecule has 0 atom stereocenters. The molecule has 0 unspecified atom stereocenters. The summed E-state index contributed by atoms with van der Waals surface area (Å²) in [5.41, 5.74) is 0.382. The van der Waals surface area contributed by atoms with Crippen LogP contribution in [-0.2, 0) is 4.79 Å². The van der Waals surface area contributed by atoms with E-state index in [9.17, 15) is 14.7 Å². The number of esters is 1. The molecular formula is C17H12O5. The van der Waals surface area contributed by atoms with E-state index in [1.165, 1.54) is 19.1 Å². The Bertz CT molecular complexity index is 924. The number of hydrogen-bond acceptors (Lipinski definition) is 5. The Hall–Kier alpha value is -3.08. The van der Waals surface area contributed by atoms with E-state index >= 15 is 0 Å². The number of hydrogen-bond donors (Lipinski definition) is 1. The van der Waals surface area contributed by atoms with E-state index in [4.69, 9.17) is 9.15 Å². The topological polar surface area (TPSA) is 76.7 Å². The fourth-order valence-corrected chi connectivity index (χ4v) is 2.24. The lowest BCUT2D eigenvalue weighted by Crippen LogP contribution is -2.04. The molecule has 0 aliphatic rings. The van der Waals surface area contributed by atoms with Gasteiger partial charge in [-0.05, 0) is 24.3 Å². The highest BCUT2D eigenvalue weighted by molar-refractivity contribution is 5.85. The minimum absolute atomic E-state index is 0.121. The second-order valence-electron chi connectivity index (χ2n) is 4.71. The Balaban J connectivity index is 2.24. The lowest BCUT2D eigenvalue weighted by molar-refractivity contribution is -0.131. The van der Waals surface area contributed by atoms with Crippen molar-refractivity contribution in [3.63, 3.8) is 0 Å². The van der Waals surface area contributed by atoms with Crippen molar-refractivity contribution >= 4 is 16.9 Å². The predicted octanol–water partition coefficient (Wildman–Crippen LogP) is 3.09. The van der Waals surface area contributed by atoms with Crippen LogP contribution in [0.5, 0.6) is 11.5 Å². The second-order valence-corrected chi connectivity index (χ2v) is 4.71. The maximum absolute atomic E-state index is 12.2. The highest BCUT2D eigenvalue weighted by Crippen LogP contribution is 2.32. The zero-order valence-corrected chi connectivity index (χ0v) is 11.7. The summed E-state index contributed by atoms with van der Waals surface area (Å²) in [5, 5.41) is 9.88. The number of fused-ring (bicyclic) bond motifs is 1. The lowest BCUT2D eigenvalue weighted by atomic mass is 10.1. The molecule has 1 aromatic heterocycles. The van der Waals surface area contributed by atoms with Gasteiger partial charge < -0.3 is 14.3 Å². The first-order valence-corrected chi connectivity index (χ1v) is 6.60. The lowest BCUT2D eigenvalue weighted by Gasteiger charge is -2.09. The molecule has 5 heteroatoms. The van der Waals surface area contributed by atoms with E-state index in [0.717, 1.165) is 0 Å². The molecule has 0 amide bonds. The van der Waals surface area contributed by atoms with Crippen molar-refractivity contribution in [1.29, 1.82) is 0 Å². The van der Waals surface area contributed by atoms with Gasteiger partial charge >= 0.3 is 5.97 Å². The molecule has 110 valence electrons. The molecule has 1 heterocycles. The Labute approximate surface area is 125 Å². The first-order valence-electron chi connectivity index (χ1n) is 6.60. The van der Waals surface area contributed by atoms with E-state index in [0.29, 0.717) is 11.3 Å². The summed E-state index contributed by atoms with van der Waals surface area (Å²) in [6.45, 7) is 1.30. The third kappa shape index (κ3) is 2.44. The average Bonchev–Trinajstić information content (AvgIpc) is 2.47. The molecule has 2 aromatic carbocycles. The van der Waals surface area contributed by atoms with Gasteiger partial charge in [-0.15, -0.1) is 0 Å². The number of carbonyl (C=O) groups excluding carboxylic acids is 1. The maximum Gasteiger partial charge on any atom is 0.308 e.